The SMILES string of the molecule is Cc1cn(CC(=O)N(CCNC(=O)CSC[C@H](N)C(=O)O)CC(=O)O)c(=O)[nH]c1=O. The van der Waals surface area contributed by atoms with Crippen molar-refractivity contribution in [3.63, 3.8) is 0 Å². The molecule has 166 valence electrons. The van der Waals surface area contributed by atoms with Crippen molar-refractivity contribution < 1.29 is 29.4 Å². The van der Waals surface area contributed by atoms with E-state index in [0.717, 1.165) is 21.2 Å². The van der Waals surface area contributed by atoms with Crippen molar-refractivity contribution in [2.24, 2.45) is 5.73 Å². The number of nitrogens with one attached hydrogen (secondary N) is 2. The second-order valence-electron chi connectivity index (χ2n) is 6.22. The third-order valence-corrected chi connectivity index (χ3v) is 4.79. The van der Waals surface area contributed by atoms with E-state index < -0.39 is 54.1 Å². The Balaban J connectivity index is 2.60. The quantitative estimate of drug-likeness (QED) is 0.221. The van der Waals surface area contributed by atoms with Gasteiger partial charge in [0.1, 0.15) is 19.1 Å². The van der Waals surface area contributed by atoms with E-state index in [0.29, 0.717) is 0 Å². The van der Waals surface area contributed by atoms with Crippen LogP contribution in [0.5, 0.6) is 0 Å². The Hall–Kier alpha value is -3.13. The van der Waals surface area contributed by atoms with Crippen LogP contribution in [0.4, 0.5) is 0 Å². The summed E-state index contributed by atoms with van der Waals surface area (Å²) in [5, 5.41) is 20.1. The maximum atomic E-state index is 12.4. The van der Waals surface area contributed by atoms with E-state index in [-0.39, 0.29) is 30.2 Å². The van der Waals surface area contributed by atoms with Crippen LogP contribution in [0.3, 0.4) is 0 Å². The monoisotopic (exact) mass is 445 g/mol. The van der Waals surface area contributed by atoms with E-state index in [1.807, 2.05) is 4.98 Å². The second-order valence-corrected chi connectivity index (χ2v) is 7.25. The summed E-state index contributed by atoms with van der Waals surface area (Å²) in [5.41, 5.74) is 4.13. The molecule has 14 heteroatoms. The van der Waals surface area contributed by atoms with Crippen LogP contribution in [0.15, 0.2) is 15.8 Å². The van der Waals surface area contributed by atoms with Gasteiger partial charge in [-0.1, -0.05) is 0 Å². The first-order valence-electron chi connectivity index (χ1n) is 8.64. The molecular weight excluding hydrogens is 422 g/mol. The lowest BCUT2D eigenvalue weighted by molar-refractivity contribution is -0.144. The van der Waals surface area contributed by atoms with Gasteiger partial charge < -0.3 is 26.2 Å². The summed E-state index contributed by atoms with van der Waals surface area (Å²) >= 11 is 1.02. The summed E-state index contributed by atoms with van der Waals surface area (Å²) in [6, 6.07) is -1.09. The van der Waals surface area contributed by atoms with Gasteiger partial charge in [-0.2, -0.15) is 0 Å². The summed E-state index contributed by atoms with van der Waals surface area (Å²) in [7, 11) is 0. The summed E-state index contributed by atoms with van der Waals surface area (Å²) < 4.78 is 0.953. The molecule has 6 N–H and O–H groups in total. The molecule has 0 bridgehead atoms. The lowest BCUT2D eigenvalue weighted by atomic mass is 10.3. The molecule has 0 saturated carbocycles. The number of aromatic amines is 1. The average Bonchev–Trinajstić information content (AvgIpc) is 2.64. The highest BCUT2D eigenvalue weighted by Crippen LogP contribution is 2.01. The molecular formula is C16H23N5O8S. The van der Waals surface area contributed by atoms with Crippen molar-refractivity contribution in [2.75, 3.05) is 31.1 Å². The van der Waals surface area contributed by atoms with Crippen molar-refractivity contribution in [1.82, 2.24) is 19.8 Å². The molecule has 0 aromatic carbocycles. The minimum Gasteiger partial charge on any atom is -0.480 e. The fourth-order valence-electron chi connectivity index (χ4n) is 2.17. The molecule has 13 nitrogen and oxygen atoms in total. The van der Waals surface area contributed by atoms with E-state index in [4.69, 9.17) is 15.9 Å². The normalized spacial score (nSPS) is 11.5. The van der Waals surface area contributed by atoms with Crippen LogP contribution >= 0.6 is 11.8 Å². The van der Waals surface area contributed by atoms with Gasteiger partial charge in [0.25, 0.3) is 5.56 Å². The zero-order valence-corrected chi connectivity index (χ0v) is 16.9. The third kappa shape index (κ3) is 8.48. The molecule has 0 fully saturated rings. The lowest BCUT2D eigenvalue weighted by Gasteiger charge is -2.21. The van der Waals surface area contributed by atoms with Crippen molar-refractivity contribution in [2.45, 2.75) is 19.5 Å². The number of carbonyl (C=O) groups excluding carboxylic acids is 2. The molecule has 0 unspecified atom stereocenters. The Morgan fingerprint density at radius 3 is 2.57 bits per heavy atom. The van der Waals surface area contributed by atoms with E-state index in [1.165, 1.54) is 13.1 Å². The summed E-state index contributed by atoms with van der Waals surface area (Å²) in [4.78, 5) is 72.0. The zero-order chi connectivity index (χ0) is 22.8. The highest BCUT2D eigenvalue weighted by Gasteiger charge is 2.18. The number of carbonyl (C=O) groups is 4. The molecule has 0 spiro atoms. The van der Waals surface area contributed by atoms with Gasteiger partial charge in [0.2, 0.25) is 11.8 Å². The zero-order valence-electron chi connectivity index (χ0n) is 16.1. The van der Waals surface area contributed by atoms with Gasteiger partial charge in [-0.05, 0) is 6.92 Å². The first-order valence-corrected chi connectivity index (χ1v) is 9.79. The summed E-state index contributed by atoms with van der Waals surface area (Å²) in [6.45, 7) is 0.135. The topological polar surface area (TPSA) is 205 Å². The van der Waals surface area contributed by atoms with E-state index in [1.54, 1.807) is 0 Å². The average molecular weight is 445 g/mol. The number of amides is 2. The van der Waals surface area contributed by atoms with E-state index >= 15 is 0 Å². The van der Waals surface area contributed by atoms with Gasteiger partial charge in [-0.15, -0.1) is 11.8 Å². The molecule has 1 heterocycles. The van der Waals surface area contributed by atoms with Crippen LogP contribution in [0.25, 0.3) is 0 Å². The number of H-pyrrole nitrogens is 1. The molecule has 2 amide bonds. The summed E-state index contributed by atoms with van der Waals surface area (Å²) in [5.74, 6) is -3.60. The van der Waals surface area contributed by atoms with Crippen molar-refractivity contribution in [3.8, 4) is 0 Å². The van der Waals surface area contributed by atoms with Gasteiger partial charge in [-0.25, -0.2) is 4.79 Å². The number of carboxylic acids is 2. The number of carboxylic acid groups (broad SMARTS) is 2. The van der Waals surface area contributed by atoms with E-state index in [9.17, 15) is 28.8 Å². The molecule has 1 atom stereocenters. The molecule has 1 aromatic rings. The smallest absolute Gasteiger partial charge is 0.328 e. The number of nitrogens with two attached hydrogens (primary N) is 1. The third-order valence-electron chi connectivity index (χ3n) is 3.73. The largest absolute Gasteiger partial charge is 0.480 e. The Bertz CT molecular complexity index is 912. The van der Waals surface area contributed by atoms with Crippen LogP contribution in [-0.4, -0.2) is 85.6 Å². The Kier molecular flexibility index (Phi) is 9.77. The second kappa shape index (κ2) is 11.8. The van der Waals surface area contributed by atoms with Crippen molar-refractivity contribution in [3.05, 3.63) is 32.6 Å². The standard InChI is InChI=1S/C16H23N5O8S/c1-9-4-21(16(29)19-14(9)26)5-12(23)20(6-13(24)25)3-2-18-11(22)8-30-7-10(17)15(27)28/h4,10H,2-3,5-8,17H2,1H3,(H,18,22)(H,24,25)(H,27,28)(H,19,26,29)/t10-/m0/s1. The molecule has 30 heavy (non-hydrogen) atoms. The van der Waals surface area contributed by atoms with Crippen LogP contribution in [0.2, 0.25) is 0 Å². The number of aryl methyl sites for hydroxylation is 1. The van der Waals surface area contributed by atoms with Crippen molar-refractivity contribution >= 4 is 35.5 Å². The van der Waals surface area contributed by atoms with Crippen LogP contribution in [0, 0.1) is 6.92 Å². The molecule has 1 aromatic heterocycles. The highest BCUT2D eigenvalue weighted by molar-refractivity contribution is 8.00. The number of aromatic nitrogens is 2. The molecule has 0 aliphatic heterocycles. The van der Waals surface area contributed by atoms with Gasteiger partial charge in [-0.3, -0.25) is 33.5 Å². The minimum atomic E-state index is -1.28. The fourth-order valence-corrected chi connectivity index (χ4v) is 2.97. The molecule has 1 rings (SSSR count). The first-order chi connectivity index (χ1) is 14.0. The predicted octanol–water partition coefficient (Wildman–Crippen LogP) is -2.98. The number of rotatable bonds is 12. The molecule has 0 aliphatic rings. The van der Waals surface area contributed by atoms with Crippen molar-refractivity contribution in [1.29, 1.82) is 0 Å². The van der Waals surface area contributed by atoms with Crippen LogP contribution in [0.1, 0.15) is 5.56 Å². The molecule has 0 saturated heterocycles. The van der Waals surface area contributed by atoms with Gasteiger partial charge in [0.15, 0.2) is 0 Å². The Labute approximate surface area is 174 Å². The maximum absolute atomic E-state index is 12.4. The van der Waals surface area contributed by atoms with Gasteiger partial charge in [0, 0.05) is 30.6 Å². The number of hydrogen-bond acceptors (Lipinski definition) is 8. The van der Waals surface area contributed by atoms with Gasteiger partial charge in [0.05, 0.1) is 5.75 Å². The first kappa shape index (κ1) is 24.9. The summed E-state index contributed by atoms with van der Waals surface area (Å²) in [6.07, 6.45) is 1.19. The number of thioether (sulfide) groups is 1. The number of nitrogens with zero attached hydrogens (tertiary/aromatic N) is 2. The minimum absolute atomic E-state index is 0.0414. The molecule has 0 radical (unpaired) electrons. The Morgan fingerprint density at radius 1 is 1.30 bits per heavy atom. The van der Waals surface area contributed by atoms with Gasteiger partial charge >= 0.3 is 17.6 Å². The highest BCUT2D eigenvalue weighted by atomic mass is 32.2. The van der Waals surface area contributed by atoms with Crippen LogP contribution < -0.4 is 22.3 Å². The number of aliphatic carboxylic acids is 2. The Morgan fingerprint density at radius 2 is 1.97 bits per heavy atom. The van der Waals surface area contributed by atoms with E-state index in [2.05, 4.69) is 5.32 Å². The maximum Gasteiger partial charge on any atom is 0.328 e. The van der Waals surface area contributed by atoms with Crippen LogP contribution in [-0.2, 0) is 25.7 Å². The predicted molar refractivity (Wildman–Crippen MR) is 106 cm³/mol. The molecule has 0 aliphatic carbocycles. The number of hydrogen-bond donors (Lipinski definition) is 5. The fraction of sp³-hybridized carbons (Fsp3) is 0.500. The lowest BCUT2D eigenvalue weighted by Crippen LogP contribution is -2.44.